The molecule has 218 valence electrons. The second kappa shape index (κ2) is 14.1. The van der Waals surface area contributed by atoms with Crippen molar-refractivity contribution in [2.24, 2.45) is 10.9 Å². The predicted octanol–water partition coefficient (Wildman–Crippen LogP) is 9.30. The molecule has 2 aromatic carbocycles. The average Bonchev–Trinajstić information content (AvgIpc) is 2.95. The molecule has 41 heavy (non-hydrogen) atoms. The van der Waals surface area contributed by atoms with Crippen LogP contribution in [0.5, 0.6) is 0 Å². The summed E-state index contributed by atoms with van der Waals surface area (Å²) >= 11 is 0. The number of hydrogen-bond acceptors (Lipinski definition) is 3. The fraction of sp³-hybridized carbons (Fsp3) is 0.432. The van der Waals surface area contributed by atoms with Gasteiger partial charge in [-0.3, -0.25) is 4.99 Å². The highest BCUT2D eigenvalue weighted by Crippen LogP contribution is 2.32. The zero-order chi connectivity index (χ0) is 29.5. The summed E-state index contributed by atoms with van der Waals surface area (Å²) in [6.45, 7) is 27.7. The molecule has 2 saturated heterocycles. The number of halogens is 1. The molecule has 0 atom stereocenters. The van der Waals surface area contributed by atoms with E-state index >= 15 is 4.39 Å². The molecule has 0 aliphatic carbocycles. The lowest BCUT2D eigenvalue weighted by Gasteiger charge is -2.38. The van der Waals surface area contributed by atoms with Crippen LogP contribution in [0.3, 0.4) is 0 Å². The number of allylic oxidation sites excluding steroid dienone is 3. The van der Waals surface area contributed by atoms with Crippen molar-refractivity contribution in [3.63, 3.8) is 0 Å². The van der Waals surface area contributed by atoms with Crippen molar-refractivity contribution in [2.45, 2.75) is 65.2 Å². The van der Waals surface area contributed by atoms with Gasteiger partial charge in [-0.1, -0.05) is 49.1 Å². The van der Waals surface area contributed by atoms with E-state index in [1.807, 2.05) is 19.9 Å². The van der Waals surface area contributed by atoms with Crippen molar-refractivity contribution in [2.75, 3.05) is 37.6 Å². The lowest BCUT2D eigenvalue weighted by molar-refractivity contribution is 0.170. The van der Waals surface area contributed by atoms with Gasteiger partial charge in [0.25, 0.3) is 0 Å². The Balaban J connectivity index is 1.26. The Kier molecular flexibility index (Phi) is 10.6. The summed E-state index contributed by atoms with van der Waals surface area (Å²) in [5, 5.41) is 0. The zero-order valence-corrected chi connectivity index (χ0v) is 25.5. The van der Waals surface area contributed by atoms with Gasteiger partial charge in [0.2, 0.25) is 0 Å². The fourth-order valence-electron chi connectivity index (χ4n) is 6.08. The number of piperidine rings is 2. The highest BCUT2D eigenvalue weighted by molar-refractivity contribution is 6.02. The number of anilines is 1. The van der Waals surface area contributed by atoms with E-state index in [1.54, 1.807) is 6.07 Å². The summed E-state index contributed by atoms with van der Waals surface area (Å²) in [7, 11) is 0. The minimum absolute atomic E-state index is 0.235. The fourth-order valence-corrected chi connectivity index (χ4v) is 6.08. The Morgan fingerprint density at radius 3 is 2.07 bits per heavy atom. The van der Waals surface area contributed by atoms with Gasteiger partial charge in [0.05, 0.1) is 5.70 Å². The van der Waals surface area contributed by atoms with E-state index in [-0.39, 0.29) is 5.82 Å². The summed E-state index contributed by atoms with van der Waals surface area (Å²) in [5.74, 6) is 0.915. The molecule has 0 saturated carbocycles. The number of hydrogen-bond donors (Lipinski definition) is 0. The minimum atomic E-state index is -0.235. The van der Waals surface area contributed by atoms with Crippen LogP contribution in [0, 0.1) is 11.7 Å². The molecule has 3 nitrogen and oxygen atoms in total. The van der Waals surface area contributed by atoms with Crippen LogP contribution in [0.15, 0.2) is 84.9 Å². The number of rotatable bonds is 11. The second-order valence-corrected chi connectivity index (χ2v) is 12.3. The van der Waals surface area contributed by atoms with Gasteiger partial charge in [0.1, 0.15) is 5.82 Å². The topological polar surface area (TPSA) is 18.8 Å². The Bertz CT molecular complexity index is 1290. The standard InChI is InChI=1S/C37H48FN3/c1-26(2)8-15-37(28(5)6)39-29(7)35-14-11-33(24-36(35)38)32-18-20-40(21-19-32)25-30-16-22-41(23-17-30)34-12-9-31(10-13-34)27(3)4/h9-14,24,30,32H,1,3,5,7-8,15-23,25H2,2,4,6H3/b39-37+. The molecule has 2 aromatic rings. The van der Waals surface area contributed by atoms with Crippen LogP contribution in [0.25, 0.3) is 11.3 Å². The Morgan fingerprint density at radius 2 is 1.51 bits per heavy atom. The van der Waals surface area contributed by atoms with Gasteiger partial charge >= 0.3 is 0 Å². The first-order valence-corrected chi connectivity index (χ1v) is 15.2. The third-order valence-corrected chi connectivity index (χ3v) is 8.77. The minimum Gasteiger partial charge on any atom is -0.372 e. The first-order chi connectivity index (χ1) is 19.6. The molecule has 0 N–H and O–H groups in total. The normalized spacial score (nSPS) is 17.5. The number of likely N-dealkylation sites (tertiary alicyclic amines) is 1. The van der Waals surface area contributed by atoms with Crippen LogP contribution < -0.4 is 4.90 Å². The quantitative estimate of drug-likeness (QED) is 0.204. The molecular formula is C37H48FN3. The highest BCUT2D eigenvalue weighted by Gasteiger charge is 2.26. The van der Waals surface area contributed by atoms with Gasteiger partial charge in [-0.25, -0.2) is 4.39 Å². The van der Waals surface area contributed by atoms with Crippen molar-refractivity contribution in [1.29, 1.82) is 0 Å². The third-order valence-electron chi connectivity index (χ3n) is 8.77. The van der Waals surface area contributed by atoms with E-state index in [0.717, 1.165) is 85.8 Å². The maximum absolute atomic E-state index is 15.2. The largest absolute Gasteiger partial charge is 0.372 e. The molecule has 0 amide bonds. The maximum Gasteiger partial charge on any atom is 0.132 e. The lowest BCUT2D eigenvalue weighted by atomic mass is 9.87. The van der Waals surface area contributed by atoms with Crippen molar-refractivity contribution in [1.82, 2.24) is 4.90 Å². The first kappa shape index (κ1) is 30.7. The van der Waals surface area contributed by atoms with Gasteiger partial charge in [0.15, 0.2) is 0 Å². The lowest BCUT2D eigenvalue weighted by Crippen LogP contribution is -2.41. The number of benzene rings is 2. The van der Waals surface area contributed by atoms with Gasteiger partial charge in [-0.2, -0.15) is 0 Å². The van der Waals surface area contributed by atoms with E-state index in [1.165, 1.54) is 30.6 Å². The SMILES string of the molecule is C=C(C)CC/C(=N\C(=C)c1ccc(C2CCN(CC3CCN(c4ccc(C(=C)C)cc4)CC3)CC2)cc1F)C(=C)C. The van der Waals surface area contributed by atoms with Crippen LogP contribution in [0.4, 0.5) is 10.1 Å². The molecule has 0 spiro atoms. The third kappa shape index (κ3) is 8.39. The smallest absolute Gasteiger partial charge is 0.132 e. The number of nitrogens with zero attached hydrogens (tertiary/aromatic N) is 3. The summed E-state index contributed by atoms with van der Waals surface area (Å²) in [5.41, 5.74) is 8.51. The molecule has 2 aliphatic heterocycles. The Labute approximate surface area is 247 Å². The van der Waals surface area contributed by atoms with E-state index in [0.29, 0.717) is 17.2 Å². The molecule has 4 rings (SSSR count). The Hall–Kier alpha value is -3.24. The molecule has 2 heterocycles. The second-order valence-electron chi connectivity index (χ2n) is 12.3. The molecule has 0 bridgehead atoms. The molecule has 0 unspecified atom stereocenters. The highest BCUT2D eigenvalue weighted by atomic mass is 19.1. The molecule has 2 aliphatic rings. The summed E-state index contributed by atoms with van der Waals surface area (Å²) in [6, 6.07) is 14.5. The number of aliphatic imine (C=N–C) groups is 1. The predicted molar refractivity (Wildman–Crippen MR) is 176 cm³/mol. The average molecular weight is 554 g/mol. The molecule has 0 radical (unpaired) electrons. The van der Waals surface area contributed by atoms with Crippen molar-refractivity contribution >= 4 is 22.7 Å². The summed E-state index contributed by atoms with van der Waals surface area (Å²) in [6.07, 6.45) is 6.20. The van der Waals surface area contributed by atoms with Crippen molar-refractivity contribution in [3.05, 3.63) is 102 Å². The van der Waals surface area contributed by atoms with Crippen LogP contribution in [-0.2, 0) is 0 Å². The zero-order valence-electron chi connectivity index (χ0n) is 25.5. The van der Waals surface area contributed by atoms with Crippen molar-refractivity contribution < 1.29 is 4.39 Å². The van der Waals surface area contributed by atoms with Gasteiger partial charge < -0.3 is 9.80 Å². The van der Waals surface area contributed by atoms with Crippen LogP contribution in [0.2, 0.25) is 0 Å². The van der Waals surface area contributed by atoms with Crippen molar-refractivity contribution in [3.8, 4) is 0 Å². The van der Waals surface area contributed by atoms with E-state index in [9.17, 15) is 0 Å². The van der Waals surface area contributed by atoms with Crippen LogP contribution in [0.1, 0.15) is 81.9 Å². The van der Waals surface area contributed by atoms with Gasteiger partial charge in [0, 0.05) is 36.6 Å². The molecule has 0 aromatic heterocycles. The van der Waals surface area contributed by atoms with Gasteiger partial charge in [-0.15, -0.1) is 6.58 Å². The summed E-state index contributed by atoms with van der Waals surface area (Å²) in [4.78, 5) is 9.79. The molecule has 2 fully saturated rings. The van der Waals surface area contributed by atoms with Gasteiger partial charge in [-0.05, 0) is 125 Å². The molecular weight excluding hydrogens is 505 g/mol. The monoisotopic (exact) mass is 553 g/mol. The maximum atomic E-state index is 15.2. The summed E-state index contributed by atoms with van der Waals surface area (Å²) < 4.78 is 15.2. The Morgan fingerprint density at radius 1 is 0.854 bits per heavy atom. The molecule has 4 heteroatoms. The van der Waals surface area contributed by atoms with Crippen LogP contribution >= 0.6 is 0 Å². The first-order valence-electron chi connectivity index (χ1n) is 15.2. The van der Waals surface area contributed by atoms with E-state index in [4.69, 9.17) is 0 Å². The van der Waals surface area contributed by atoms with E-state index < -0.39 is 0 Å². The van der Waals surface area contributed by atoms with E-state index in [2.05, 4.69) is 78.4 Å². The van der Waals surface area contributed by atoms with Crippen LogP contribution in [-0.4, -0.2) is 43.3 Å².